The molecule has 0 radical (unpaired) electrons. The highest BCUT2D eigenvalue weighted by atomic mass is 19.1. The normalized spacial score (nSPS) is 22.3. The van der Waals surface area contributed by atoms with Gasteiger partial charge in [0.05, 0.1) is 0 Å². The quantitative estimate of drug-likeness (QED) is 0.578. The van der Waals surface area contributed by atoms with Gasteiger partial charge in [0.2, 0.25) is 0 Å². The summed E-state index contributed by atoms with van der Waals surface area (Å²) in [6, 6.07) is 2.22. The third-order valence-corrected chi connectivity index (χ3v) is 2.99. The van der Waals surface area contributed by atoms with E-state index in [1.165, 1.54) is 6.07 Å². The van der Waals surface area contributed by atoms with Gasteiger partial charge in [0, 0.05) is 5.82 Å². The van der Waals surface area contributed by atoms with Gasteiger partial charge in [0.15, 0.2) is 0 Å². The Hall–Kier alpha value is -1.60. The molecule has 2 rings (SSSR count). The van der Waals surface area contributed by atoms with Gasteiger partial charge < -0.3 is 20.3 Å². The molecule has 17 heavy (non-hydrogen) atoms. The molecule has 7 heteroatoms. The van der Waals surface area contributed by atoms with Crippen molar-refractivity contribution < 1.29 is 29.4 Å². The number of carboxylic acid groups (broad SMARTS) is 1. The van der Waals surface area contributed by atoms with E-state index in [1.807, 2.05) is 0 Å². The number of phenols is 1. The fraction of sp³-hybridized carbons (Fsp3) is 0.300. The monoisotopic (exact) mass is 240 g/mol. The highest BCUT2D eigenvalue weighted by Gasteiger charge is 2.47. The van der Waals surface area contributed by atoms with Crippen LogP contribution in [0.2, 0.25) is 5.82 Å². The number of hydrogen-bond donors (Lipinski definition) is 4. The first kappa shape index (κ1) is 11.9. The van der Waals surface area contributed by atoms with E-state index in [0.717, 1.165) is 6.07 Å². The SMILES string of the molecule is O=C(O)c1c(F)ccc(C2C[C@H]2B(O)O)c1O. The molecule has 0 bridgehead atoms. The molecule has 0 spiro atoms. The van der Waals surface area contributed by atoms with E-state index in [1.54, 1.807) is 0 Å². The molecule has 90 valence electrons. The fourth-order valence-corrected chi connectivity index (χ4v) is 1.99. The lowest BCUT2D eigenvalue weighted by molar-refractivity contribution is 0.0688. The van der Waals surface area contributed by atoms with Crippen molar-refractivity contribution in [3.63, 3.8) is 0 Å². The van der Waals surface area contributed by atoms with Crippen LogP contribution in [0.4, 0.5) is 4.39 Å². The molecule has 0 aromatic heterocycles. The van der Waals surface area contributed by atoms with E-state index in [-0.39, 0.29) is 11.5 Å². The maximum atomic E-state index is 13.2. The van der Waals surface area contributed by atoms with Crippen LogP contribution in [0.25, 0.3) is 0 Å². The second-order valence-corrected chi connectivity index (χ2v) is 4.09. The predicted octanol–water partition coefficient (Wildman–Crippen LogP) is 0.560. The molecular weight excluding hydrogens is 230 g/mol. The lowest BCUT2D eigenvalue weighted by atomic mass is 9.81. The molecule has 4 N–H and O–H groups in total. The molecule has 1 aliphatic carbocycles. The lowest BCUT2D eigenvalue weighted by Gasteiger charge is -2.07. The summed E-state index contributed by atoms with van der Waals surface area (Å²) in [4.78, 5) is 10.8. The first-order valence-electron chi connectivity index (χ1n) is 5.04. The molecule has 2 atom stereocenters. The third-order valence-electron chi connectivity index (χ3n) is 2.99. The van der Waals surface area contributed by atoms with Gasteiger partial charge in [0.1, 0.15) is 17.1 Å². The maximum absolute atomic E-state index is 13.2. The van der Waals surface area contributed by atoms with E-state index >= 15 is 0 Å². The molecule has 1 saturated carbocycles. The minimum absolute atomic E-state index is 0.238. The van der Waals surface area contributed by atoms with Crippen molar-refractivity contribution >= 4 is 13.1 Å². The van der Waals surface area contributed by atoms with Crippen molar-refractivity contribution in [1.29, 1.82) is 0 Å². The first-order valence-corrected chi connectivity index (χ1v) is 5.04. The molecule has 1 aromatic rings. The first-order chi connectivity index (χ1) is 7.93. The lowest BCUT2D eigenvalue weighted by Crippen LogP contribution is -2.11. The average Bonchev–Trinajstić information content (AvgIpc) is 2.96. The van der Waals surface area contributed by atoms with Crippen LogP contribution < -0.4 is 0 Å². The smallest absolute Gasteiger partial charge is 0.455 e. The van der Waals surface area contributed by atoms with Crippen molar-refractivity contribution in [3.8, 4) is 5.75 Å². The Balaban J connectivity index is 2.38. The fourth-order valence-electron chi connectivity index (χ4n) is 1.99. The second kappa shape index (κ2) is 4.01. The number of rotatable bonds is 3. The molecule has 5 nitrogen and oxygen atoms in total. The summed E-state index contributed by atoms with van der Waals surface area (Å²) in [6.07, 6.45) is 0.427. The number of halogens is 1. The summed E-state index contributed by atoms with van der Waals surface area (Å²) >= 11 is 0. The summed E-state index contributed by atoms with van der Waals surface area (Å²) in [6.45, 7) is 0. The largest absolute Gasteiger partial charge is 0.507 e. The van der Waals surface area contributed by atoms with Crippen LogP contribution in [0.1, 0.15) is 28.3 Å². The molecule has 1 fully saturated rings. The van der Waals surface area contributed by atoms with Crippen LogP contribution in [0.5, 0.6) is 5.75 Å². The second-order valence-electron chi connectivity index (χ2n) is 4.09. The molecule has 1 aliphatic rings. The topological polar surface area (TPSA) is 98.0 Å². The van der Waals surface area contributed by atoms with E-state index in [2.05, 4.69) is 0 Å². The van der Waals surface area contributed by atoms with Gasteiger partial charge in [-0.3, -0.25) is 0 Å². The van der Waals surface area contributed by atoms with E-state index < -0.39 is 36.0 Å². The van der Waals surface area contributed by atoms with Gasteiger partial charge in [-0.05, 0) is 24.0 Å². The summed E-state index contributed by atoms with van der Waals surface area (Å²) in [5.74, 6) is -3.98. The summed E-state index contributed by atoms with van der Waals surface area (Å²) in [5, 5.41) is 36.3. The number of carbonyl (C=O) groups is 1. The minimum Gasteiger partial charge on any atom is -0.507 e. The van der Waals surface area contributed by atoms with Gasteiger partial charge in [-0.15, -0.1) is 0 Å². The average molecular weight is 240 g/mol. The van der Waals surface area contributed by atoms with Crippen molar-refractivity contribution in [1.82, 2.24) is 0 Å². The number of carboxylic acids is 1. The number of aromatic hydroxyl groups is 1. The highest BCUT2D eigenvalue weighted by Crippen LogP contribution is 2.56. The van der Waals surface area contributed by atoms with Gasteiger partial charge in [-0.25, -0.2) is 9.18 Å². The molecule has 1 unspecified atom stereocenters. The molecule has 0 heterocycles. The van der Waals surface area contributed by atoms with Crippen LogP contribution in [-0.2, 0) is 0 Å². The Morgan fingerprint density at radius 2 is 2.06 bits per heavy atom. The number of hydrogen-bond acceptors (Lipinski definition) is 4. The summed E-state index contributed by atoms with van der Waals surface area (Å²) in [7, 11) is -1.52. The van der Waals surface area contributed by atoms with Gasteiger partial charge in [-0.1, -0.05) is 6.07 Å². The Morgan fingerprint density at radius 1 is 1.41 bits per heavy atom. The number of benzene rings is 1. The molecule has 1 aromatic carbocycles. The van der Waals surface area contributed by atoms with E-state index in [4.69, 9.17) is 15.2 Å². The van der Waals surface area contributed by atoms with Crippen LogP contribution in [0, 0.1) is 5.82 Å². The molecule has 0 amide bonds. The van der Waals surface area contributed by atoms with Crippen molar-refractivity contribution in [2.24, 2.45) is 0 Å². The molecular formula is C10H10BFO5. The van der Waals surface area contributed by atoms with Crippen molar-refractivity contribution in [2.45, 2.75) is 18.2 Å². The van der Waals surface area contributed by atoms with Gasteiger partial charge in [0.25, 0.3) is 0 Å². The zero-order chi connectivity index (χ0) is 12.7. The maximum Gasteiger partial charge on any atom is 0.455 e. The van der Waals surface area contributed by atoms with Crippen LogP contribution in [-0.4, -0.2) is 33.3 Å². The Morgan fingerprint density at radius 3 is 2.53 bits per heavy atom. The Kier molecular flexibility index (Phi) is 2.80. The highest BCUT2D eigenvalue weighted by molar-refractivity contribution is 6.44. The minimum atomic E-state index is -1.55. The van der Waals surface area contributed by atoms with Crippen LogP contribution >= 0.6 is 0 Å². The van der Waals surface area contributed by atoms with Crippen LogP contribution in [0.15, 0.2) is 12.1 Å². The zero-order valence-corrected chi connectivity index (χ0v) is 8.67. The third kappa shape index (κ3) is 1.99. The van der Waals surface area contributed by atoms with Crippen molar-refractivity contribution in [3.05, 3.63) is 29.1 Å². The summed E-state index contributed by atoms with van der Waals surface area (Å²) in [5.41, 5.74) is -0.539. The van der Waals surface area contributed by atoms with Crippen LogP contribution in [0.3, 0.4) is 0 Å². The van der Waals surface area contributed by atoms with E-state index in [0.29, 0.717) is 6.42 Å². The molecule has 0 aliphatic heterocycles. The van der Waals surface area contributed by atoms with Gasteiger partial charge in [-0.2, -0.15) is 0 Å². The number of aromatic carboxylic acids is 1. The standard InChI is InChI=1S/C10H10BFO5/c12-7-2-1-4(5-3-6(5)11(16)17)9(13)8(7)10(14)15/h1-2,5-6,13,16-17H,3H2,(H,14,15)/t5?,6-/m1/s1. The Labute approximate surface area is 96.3 Å². The molecule has 0 saturated heterocycles. The Bertz CT molecular complexity index is 476. The zero-order valence-electron chi connectivity index (χ0n) is 8.67. The predicted molar refractivity (Wildman–Crippen MR) is 56.3 cm³/mol. The van der Waals surface area contributed by atoms with Gasteiger partial charge >= 0.3 is 13.1 Å². The van der Waals surface area contributed by atoms with E-state index in [9.17, 15) is 14.3 Å². The van der Waals surface area contributed by atoms with Crippen molar-refractivity contribution in [2.75, 3.05) is 0 Å². The summed E-state index contributed by atoms with van der Waals surface area (Å²) < 4.78 is 13.2.